The minimum Gasteiger partial charge on any atom is -0.478 e. The Morgan fingerprint density at radius 3 is 2.62 bits per heavy atom. The molecule has 2 N–H and O–H groups in total. The van der Waals surface area contributed by atoms with Gasteiger partial charge in [-0.25, -0.2) is 4.79 Å². The standard InChI is InChI=1S/C7H7NO5/c9-6(10)5-1-3-7(11,4-2-5)8(12)13/h1-3,11H,4H2,(H,9,10). The summed E-state index contributed by atoms with van der Waals surface area (Å²) in [4.78, 5) is 19.8. The van der Waals surface area contributed by atoms with E-state index in [4.69, 9.17) is 5.11 Å². The number of carboxylic acids is 1. The SMILES string of the molecule is O=C(O)C1=CCC(O)([N+](=O)[O-])C=C1. The highest BCUT2D eigenvalue weighted by Crippen LogP contribution is 2.21. The molecule has 0 radical (unpaired) electrons. The number of hydrogen-bond acceptors (Lipinski definition) is 4. The van der Waals surface area contributed by atoms with Crippen molar-refractivity contribution < 1.29 is 19.9 Å². The van der Waals surface area contributed by atoms with Crippen molar-refractivity contribution in [2.45, 2.75) is 12.1 Å². The molecule has 0 saturated carbocycles. The minimum absolute atomic E-state index is 0.0495. The number of carbonyl (C=O) groups is 1. The highest BCUT2D eigenvalue weighted by molar-refractivity contribution is 5.90. The maximum atomic E-state index is 10.4. The van der Waals surface area contributed by atoms with Gasteiger partial charge in [0.1, 0.15) is 0 Å². The van der Waals surface area contributed by atoms with Gasteiger partial charge in [0.15, 0.2) is 0 Å². The van der Waals surface area contributed by atoms with E-state index in [-0.39, 0.29) is 12.0 Å². The fourth-order valence-corrected chi connectivity index (χ4v) is 0.913. The molecule has 1 rings (SSSR count). The number of nitro groups is 1. The van der Waals surface area contributed by atoms with Gasteiger partial charge in [0.05, 0.1) is 16.9 Å². The second-order valence-electron chi connectivity index (χ2n) is 2.64. The van der Waals surface area contributed by atoms with Crippen molar-refractivity contribution in [3.63, 3.8) is 0 Å². The van der Waals surface area contributed by atoms with Gasteiger partial charge in [0.25, 0.3) is 0 Å². The van der Waals surface area contributed by atoms with Crippen LogP contribution in [-0.2, 0) is 4.79 Å². The summed E-state index contributed by atoms with van der Waals surface area (Å²) < 4.78 is 0. The fourth-order valence-electron chi connectivity index (χ4n) is 0.913. The molecular weight excluding hydrogens is 178 g/mol. The van der Waals surface area contributed by atoms with E-state index >= 15 is 0 Å². The number of nitrogens with zero attached hydrogens (tertiary/aromatic N) is 1. The summed E-state index contributed by atoms with van der Waals surface area (Å²) in [6.07, 6.45) is 2.69. The largest absolute Gasteiger partial charge is 0.478 e. The predicted octanol–water partition coefficient (Wildman–Crippen LogP) is -0.0774. The summed E-state index contributed by atoms with van der Waals surface area (Å²) in [6.45, 7) is 0. The molecular formula is C7H7NO5. The lowest BCUT2D eigenvalue weighted by molar-refractivity contribution is -0.607. The Balaban J connectivity index is 2.85. The van der Waals surface area contributed by atoms with E-state index in [1.54, 1.807) is 0 Å². The van der Waals surface area contributed by atoms with Gasteiger partial charge in [0, 0.05) is 6.08 Å². The van der Waals surface area contributed by atoms with E-state index in [1.165, 1.54) is 0 Å². The molecule has 0 aromatic rings. The van der Waals surface area contributed by atoms with Crippen LogP contribution in [0.1, 0.15) is 6.42 Å². The molecule has 70 valence electrons. The zero-order valence-corrected chi connectivity index (χ0v) is 6.51. The van der Waals surface area contributed by atoms with Gasteiger partial charge in [0.2, 0.25) is 0 Å². The van der Waals surface area contributed by atoms with Crippen molar-refractivity contribution in [2.75, 3.05) is 0 Å². The summed E-state index contributed by atoms with van der Waals surface area (Å²) in [5, 5.41) is 28.0. The lowest BCUT2D eigenvalue weighted by Gasteiger charge is -2.16. The fraction of sp³-hybridized carbons (Fsp3) is 0.286. The topological polar surface area (TPSA) is 101 Å². The van der Waals surface area contributed by atoms with Crippen molar-refractivity contribution in [3.05, 3.63) is 33.9 Å². The first-order valence-corrected chi connectivity index (χ1v) is 3.45. The zero-order chi connectivity index (χ0) is 10.1. The van der Waals surface area contributed by atoms with Gasteiger partial charge in [-0.2, -0.15) is 0 Å². The number of rotatable bonds is 2. The van der Waals surface area contributed by atoms with E-state index in [1.807, 2.05) is 0 Å². The molecule has 0 aromatic carbocycles. The Labute approximate surface area is 72.9 Å². The van der Waals surface area contributed by atoms with E-state index in [0.29, 0.717) is 0 Å². The van der Waals surface area contributed by atoms with Crippen LogP contribution in [0.25, 0.3) is 0 Å². The van der Waals surface area contributed by atoms with Crippen LogP contribution in [0, 0.1) is 10.1 Å². The van der Waals surface area contributed by atoms with Crippen LogP contribution >= 0.6 is 0 Å². The molecule has 0 saturated heterocycles. The number of aliphatic hydroxyl groups is 1. The molecule has 1 aliphatic carbocycles. The molecule has 6 heteroatoms. The smallest absolute Gasteiger partial charge is 0.345 e. The van der Waals surface area contributed by atoms with E-state index in [2.05, 4.69) is 0 Å². The first-order valence-electron chi connectivity index (χ1n) is 3.45. The summed E-state index contributed by atoms with van der Waals surface area (Å²) in [6, 6.07) is 0. The van der Waals surface area contributed by atoms with E-state index < -0.39 is 16.6 Å². The third kappa shape index (κ3) is 1.73. The van der Waals surface area contributed by atoms with Crippen molar-refractivity contribution in [1.29, 1.82) is 0 Å². The Kier molecular flexibility index (Phi) is 2.16. The minimum atomic E-state index is -2.15. The zero-order valence-electron chi connectivity index (χ0n) is 6.51. The molecule has 1 atom stereocenters. The van der Waals surface area contributed by atoms with Crippen molar-refractivity contribution in [3.8, 4) is 0 Å². The van der Waals surface area contributed by atoms with Gasteiger partial charge in [-0.3, -0.25) is 10.1 Å². The number of hydrogen-bond donors (Lipinski definition) is 2. The third-order valence-electron chi connectivity index (χ3n) is 1.72. The van der Waals surface area contributed by atoms with Crippen LogP contribution in [0.15, 0.2) is 23.8 Å². The molecule has 0 fully saturated rings. The molecule has 13 heavy (non-hydrogen) atoms. The van der Waals surface area contributed by atoms with Crippen LogP contribution in [-0.4, -0.2) is 26.8 Å². The highest BCUT2D eigenvalue weighted by atomic mass is 16.7. The van der Waals surface area contributed by atoms with Crippen LogP contribution < -0.4 is 0 Å². The van der Waals surface area contributed by atoms with Crippen LogP contribution in [0.3, 0.4) is 0 Å². The van der Waals surface area contributed by atoms with E-state index in [0.717, 1.165) is 18.2 Å². The maximum Gasteiger partial charge on any atom is 0.345 e. The molecule has 0 bridgehead atoms. The first-order chi connectivity index (χ1) is 5.96. The molecule has 1 aliphatic rings. The van der Waals surface area contributed by atoms with Crippen molar-refractivity contribution in [2.24, 2.45) is 0 Å². The van der Waals surface area contributed by atoms with Crippen molar-refractivity contribution in [1.82, 2.24) is 0 Å². The Hall–Kier alpha value is -1.69. The normalized spacial score (nSPS) is 26.7. The Bertz CT molecular complexity index is 319. The quantitative estimate of drug-likeness (QED) is 0.356. The molecule has 0 aromatic heterocycles. The van der Waals surface area contributed by atoms with Gasteiger partial charge in [-0.1, -0.05) is 6.08 Å². The summed E-state index contributed by atoms with van der Waals surface area (Å²) in [7, 11) is 0. The summed E-state index contributed by atoms with van der Waals surface area (Å²) in [5.74, 6) is -1.17. The Morgan fingerprint density at radius 1 is 1.69 bits per heavy atom. The third-order valence-corrected chi connectivity index (χ3v) is 1.72. The lowest BCUT2D eigenvalue weighted by atomic mass is 10.0. The summed E-state index contributed by atoms with van der Waals surface area (Å²) >= 11 is 0. The van der Waals surface area contributed by atoms with Crippen molar-refractivity contribution >= 4 is 5.97 Å². The average Bonchev–Trinajstić information content (AvgIpc) is 2.04. The van der Waals surface area contributed by atoms with Gasteiger partial charge >= 0.3 is 11.7 Å². The number of aliphatic carboxylic acids is 1. The molecule has 6 nitrogen and oxygen atoms in total. The van der Waals surface area contributed by atoms with Gasteiger partial charge < -0.3 is 10.2 Å². The molecule has 0 aliphatic heterocycles. The second kappa shape index (κ2) is 2.98. The number of carboxylic acid groups (broad SMARTS) is 1. The van der Waals surface area contributed by atoms with Crippen LogP contribution in [0.4, 0.5) is 0 Å². The lowest BCUT2D eigenvalue weighted by Crippen LogP contribution is -2.36. The van der Waals surface area contributed by atoms with E-state index in [9.17, 15) is 20.0 Å². The monoisotopic (exact) mass is 185 g/mol. The molecule has 0 heterocycles. The van der Waals surface area contributed by atoms with Gasteiger partial charge in [-0.05, 0) is 6.08 Å². The second-order valence-corrected chi connectivity index (χ2v) is 2.64. The maximum absolute atomic E-state index is 10.4. The first kappa shape index (κ1) is 9.40. The molecule has 0 spiro atoms. The summed E-state index contributed by atoms with van der Waals surface area (Å²) in [5.41, 5.74) is -2.20. The highest BCUT2D eigenvalue weighted by Gasteiger charge is 2.38. The predicted molar refractivity (Wildman–Crippen MR) is 41.4 cm³/mol. The Morgan fingerprint density at radius 2 is 2.31 bits per heavy atom. The average molecular weight is 185 g/mol. The molecule has 1 unspecified atom stereocenters. The van der Waals surface area contributed by atoms with Gasteiger partial charge in [-0.15, -0.1) is 0 Å². The van der Waals surface area contributed by atoms with Crippen LogP contribution in [0.2, 0.25) is 0 Å². The van der Waals surface area contributed by atoms with Crippen LogP contribution in [0.5, 0.6) is 0 Å². The molecule has 0 amide bonds.